The lowest BCUT2D eigenvalue weighted by molar-refractivity contribution is 0.199. The van der Waals surface area contributed by atoms with Crippen LogP contribution in [-0.4, -0.2) is 27.8 Å². The number of aromatic nitrogens is 2. The van der Waals surface area contributed by atoms with E-state index in [1.807, 2.05) is 13.1 Å². The lowest BCUT2D eigenvalue weighted by Crippen LogP contribution is -2.07. The number of benzene rings is 1. The van der Waals surface area contributed by atoms with Crippen LogP contribution in [0.4, 0.5) is 4.39 Å². The Bertz CT molecular complexity index is 868. The van der Waals surface area contributed by atoms with Crippen LogP contribution < -0.4 is 5.73 Å². The van der Waals surface area contributed by atoms with Gasteiger partial charge in [-0.2, -0.15) is 0 Å². The molecule has 1 aliphatic carbocycles. The lowest BCUT2D eigenvalue weighted by Gasteiger charge is -2.15. The van der Waals surface area contributed by atoms with Crippen molar-refractivity contribution in [2.24, 2.45) is 16.6 Å². The average molecular weight is 368 g/mol. The minimum atomic E-state index is -0.822. The van der Waals surface area contributed by atoms with E-state index in [0.29, 0.717) is 40.6 Å². The van der Waals surface area contributed by atoms with Crippen LogP contribution in [0.2, 0.25) is 0 Å². The predicted molar refractivity (Wildman–Crippen MR) is 105 cm³/mol. The van der Waals surface area contributed by atoms with Gasteiger partial charge in [0.05, 0.1) is 17.5 Å². The van der Waals surface area contributed by atoms with Crippen LogP contribution in [-0.2, 0) is 6.42 Å². The first kappa shape index (κ1) is 19.2. The SMILES string of the molecule is CC(N)=C(C=NCC1CC1)Cc1nccnc1-c1ccc(F)cc1[C@@H](C)O. The van der Waals surface area contributed by atoms with Gasteiger partial charge in [-0.3, -0.25) is 15.0 Å². The van der Waals surface area contributed by atoms with Crippen molar-refractivity contribution < 1.29 is 9.50 Å². The van der Waals surface area contributed by atoms with E-state index in [9.17, 15) is 9.50 Å². The molecule has 0 saturated heterocycles. The van der Waals surface area contributed by atoms with Gasteiger partial charge in [-0.25, -0.2) is 4.39 Å². The zero-order valence-electron chi connectivity index (χ0n) is 15.7. The van der Waals surface area contributed by atoms with Crippen LogP contribution in [0.3, 0.4) is 0 Å². The van der Waals surface area contributed by atoms with E-state index < -0.39 is 11.9 Å². The molecule has 3 rings (SSSR count). The van der Waals surface area contributed by atoms with Crippen molar-refractivity contribution in [2.75, 3.05) is 6.54 Å². The van der Waals surface area contributed by atoms with E-state index in [1.54, 1.807) is 25.4 Å². The molecule has 1 aromatic carbocycles. The van der Waals surface area contributed by atoms with Gasteiger partial charge in [0.2, 0.25) is 0 Å². The third-order valence-corrected chi connectivity index (χ3v) is 4.66. The standard InChI is InChI=1S/C21H25FN4O/c1-13(23)16(12-24-11-15-3-4-15)9-20-21(26-8-7-25-20)18-6-5-17(22)10-19(18)14(2)27/h5-8,10,12,14-15,27H,3-4,9,11,23H2,1-2H3/t14-/m1/s1. The first-order valence-electron chi connectivity index (χ1n) is 9.18. The molecule has 5 nitrogen and oxygen atoms in total. The highest BCUT2D eigenvalue weighted by Crippen LogP contribution is 2.31. The van der Waals surface area contributed by atoms with Gasteiger partial charge < -0.3 is 10.8 Å². The Hall–Kier alpha value is -2.60. The molecule has 27 heavy (non-hydrogen) atoms. The molecule has 6 heteroatoms. The fourth-order valence-corrected chi connectivity index (χ4v) is 2.90. The molecule has 2 aromatic rings. The highest BCUT2D eigenvalue weighted by atomic mass is 19.1. The molecular weight excluding hydrogens is 343 g/mol. The zero-order valence-corrected chi connectivity index (χ0v) is 15.7. The van der Waals surface area contributed by atoms with Gasteiger partial charge in [0, 0.05) is 42.8 Å². The maximum Gasteiger partial charge on any atom is 0.123 e. The maximum absolute atomic E-state index is 13.7. The lowest BCUT2D eigenvalue weighted by atomic mass is 9.96. The third kappa shape index (κ3) is 4.98. The van der Waals surface area contributed by atoms with Gasteiger partial charge in [-0.1, -0.05) is 0 Å². The molecule has 1 atom stereocenters. The molecule has 1 fully saturated rings. The fourth-order valence-electron chi connectivity index (χ4n) is 2.90. The number of hydrogen-bond donors (Lipinski definition) is 2. The summed E-state index contributed by atoms with van der Waals surface area (Å²) in [5.74, 6) is 0.311. The van der Waals surface area contributed by atoms with Crippen LogP contribution in [0, 0.1) is 11.7 Å². The van der Waals surface area contributed by atoms with Gasteiger partial charge in [0.1, 0.15) is 5.82 Å². The molecular formula is C21H25FN4O. The Kier molecular flexibility index (Phi) is 5.96. The summed E-state index contributed by atoms with van der Waals surface area (Å²) in [6, 6.07) is 4.33. The summed E-state index contributed by atoms with van der Waals surface area (Å²) in [5, 5.41) is 10.1. The zero-order chi connectivity index (χ0) is 19.4. The summed E-state index contributed by atoms with van der Waals surface area (Å²) in [6.07, 6.45) is 7.18. The van der Waals surface area contributed by atoms with E-state index >= 15 is 0 Å². The Morgan fingerprint density at radius 3 is 2.78 bits per heavy atom. The molecule has 1 aliphatic rings. The van der Waals surface area contributed by atoms with Crippen LogP contribution in [0.5, 0.6) is 0 Å². The maximum atomic E-state index is 13.7. The molecule has 0 unspecified atom stereocenters. The molecule has 0 aliphatic heterocycles. The van der Waals surface area contributed by atoms with Gasteiger partial charge in [0.15, 0.2) is 0 Å². The van der Waals surface area contributed by atoms with Gasteiger partial charge in [-0.15, -0.1) is 0 Å². The first-order chi connectivity index (χ1) is 13.0. The van der Waals surface area contributed by atoms with Crippen LogP contribution in [0.15, 0.2) is 46.9 Å². The molecule has 0 radical (unpaired) electrons. The smallest absolute Gasteiger partial charge is 0.123 e. The number of nitrogens with zero attached hydrogens (tertiary/aromatic N) is 3. The van der Waals surface area contributed by atoms with Crippen molar-refractivity contribution in [1.29, 1.82) is 0 Å². The van der Waals surface area contributed by atoms with Gasteiger partial charge in [0.25, 0.3) is 0 Å². The Morgan fingerprint density at radius 1 is 1.37 bits per heavy atom. The monoisotopic (exact) mass is 368 g/mol. The Morgan fingerprint density at radius 2 is 2.11 bits per heavy atom. The minimum Gasteiger partial charge on any atom is -0.402 e. The second-order valence-electron chi connectivity index (χ2n) is 7.08. The van der Waals surface area contributed by atoms with E-state index in [1.165, 1.54) is 25.0 Å². The number of nitrogens with two attached hydrogens (primary N) is 1. The highest BCUT2D eigenvalue weighted by Gasteiger charge is 2.20. The van der Waals surface area contributed by atoms with Crippen LogP contribution in [0.1, 0.15) is 44.1 Å². The highest BCUT2D eigenvalue weighted by molar-refractivity contribution is 5.81. The van der Waals surface area contributed by atoms with Gasteiger partial charge in [-0.05, 0) is 61.9 Å². The molecule has 1 heterocycles. The average Bonchev–Trinajstić information content (AvgIpc) is 3.45. The molecule has 0 bridgehead atoms. The van der Waals surface area contributed by atoms with Crippen LogP contribution >= 0.6 is 0 Å². The largest absolute Gasteiger partial charge is 0.402 e. The number of allylic oxidation sites excluding steroid dienone is 2. The Labute approximate surface area is 158 Å². The second-order valence-corrected chi connectivity index (χ2v) is 7.08. The second kappa shape index (κ2) is 8.39. The summed E-state index contributed by atoms with van der Waals surface area (Å²) >= 11 is 0. The van der Waals surface area contributed by atoms with Crippen molar-refractivity contribution in [3.8, 4) is 11.3 Å². The van der Waals surface area contributed by atoms with Crippen molar-refractivity contribution in [3.05, 3.63) is 58.9 Å². The number of aliphatic hydroxyl groups excluding tert-OH is 1. The van der Waals surface area contributed by atoms with E-state index in [-0.39, 0.29) is 0 Å². The van der Waals surface area contributed by atoms with Crippen molar-refractivity contribution in [1.82, 2.24) is 9.97 Å². The van der Waals surface area contributed by atoms with E-state index in [2.05, 4.69) is 15.0 Å². The minimum absolute atomic E-state index is 0.398. The fraction of sp³-hybridized carbons (Fsp3) is 0.381. The number of halogens is 1. The predicted octanol–water partition coefficient (Wildman–Crippen LogP) is 3.59. The number of aliphatic hydroxyl groups is 1. The molecule has 3 N–H and O–H groups in total. The summed E-state index contributed by atoms with van der Waals surface area (Å²) in [4.78, 5) is 13.4. The molecule has 142 valence electrons. The summed E-state index contributed by atoms with van der Waals surface area (Å²) in [6.45, 7) is 4.27. The number of hydrogen-bond acceptors (Lipinski definition) is 5. The number of rotatable bonds is 7. The van der Waals surface area contributed by atoms with Crippen molar-refractivity contribution >= 4 is 6.21 Å². The van der Waals surface area contributed by atoms with E-state index in [4.69, 9.17) is 5.73 Å². The van der Waals surface area contributed by atoms with Crippen molar-refractivity contribution in [2.45, 2.75) is 39.2 Å². The molecule has 1 aromatic heterocycles. The molecule has 0 amide bonds. The van der Waals surface area contributed by atoms with Gasteiger partial charge >= 0.3 is 0 Å². The number of aliphatic imine (C=N–C) groups is 1. The summed E-state index contributed by atoms with van der Waals surface area (Å²) in [7, 11) is 0. The summed E-state index contributed by atoms with van der Waals surface area (Å²) in [5.41, 5.74) is 10.1. The normalized spacial score (nSPS) is 16.4. The quantitative estimate of drug-likeness (QED) is 0.732. The van der Waals surface area contributed by atoms with Crippen molar-refractivity contribution in [3.63, 3.8) is 0 Å². The van der Waals surface area contributed by atoms with E-state index in [0.717, 1.165) is 12.1 Å². The van der Waals surface area contributed by atoms with Crippen LogP contribution in [0.25, 0.3) is 11.3 Å². The third-order valence-electron chi connectivity index (χ3n) is 4.66. The molecule has 0 spiro atoms. The molecule has 1 saturated carbocycles. The topological polar surface area (TPSA) is 84.4 Å². The Balaban J connectivity index is 1.94. The summed E-state index contributed by atoms with van der Waals surface area (Å²) < 4.78 is 13.7. The first-order valence-corrected chi connectivity index (χ1v) is 9.18.